The number of pyridine rings is 1. The van der Waals surface area contributed by atoms with Crippen LogP contribution >= 0.6 is 0 Å². The molecule has 1 N–H and O–H groups in total. The van der Waals surface area contributed by atoms with Crippen molar-refractivity contribution in [3.63, 3.8) is 0 Å². The molecule has 3 rings (SSSR count). The SMILES string of the molecule is Cc1c(Cc2ccc(F)cc2)[nH]c2ccccc2c1=O. The number of aromatic amines is 1. The summed E-state index contributed by atoms with van der Waals surface area (Å²) in [5.41, 5.74) is 3.45. The standard InChI is InChI=1S/C17H14FNO/c1-11-16(10-12-6-8-13(18)9-7-12)19-15-5-3-2-4-14(15)17(11)20/h2-9H,10H2,1H3,(H,19,20). The second kappa shape index (κ2) is 4.93. The van der Waals surface area contributed by atoms with Crippen molar-refractivity contribution in [2.45, 2.75) is 13.3 Å². The van der Waals surface area contributed by atoms with E-state index in [1.807, 2.05) is 31.2 Å². The highest BCUT2D eigenvalue weighted by Crippen LogP contribution is 2.14. The summed E-state index contributed by atoms with van der Waals surface area (Å²) in [6, 6.07) is 13.8. The summed E-state index contributed by atoms with van der Waals surface area (Å²) >= 11 is 0. The minimum absolute atomic E-state index is 0.0523. The zero-order chi connectivity index (χ0) is 14.1. The Balaban J connectivity index is 2.10. The van der Waals surface area contributed by atoms with Gasteiger partial charge in [0.05, 0.1) is 0 Å². The van der Waals surface area contributed by atoms with Crippen LogP contribution < -0.4 is 5.43 Å². The Hall–Kier alpha value is -2.42. The van der Waals surface area contributed by atoms with Crippen molar-refractivity contribution in [3.8, 4) is 0 Å². The van der Waals surface area contributed by atoms with Crippen molar-refractivity contribution >= 4 is 10.9 Å². The molecule has 0 aliphatic rings. The van der Waals surface area contributed by atoms with Crippen LogP contribution in [-0.4, -0.2) is 4.98 Å². The number of halogens is 1. The second-order valence-corrected chi connectivity index (χ2v) is 4.91. The Labute approximate surface area is 115 Å². The molecule has 2 aromatic carbocycles. The zero-order valence-corrected chi connectivity index (χ0v) is 11.1. The number of benzene rings is 2. The maximum atomic E-state index is 12.9. The van der Waals surface area contributed by atoms with Crippen LogP contribution in [0.25, 0.3) is 10.9 Å². The molecule has 0 aliphatic heterocycles. The van der Waals surface area contributed by atoms with Gasteiger partial charge in [0, 0.05) is 28.6 Å². The molecule has 0 unspecified atom stereocenters. The van der Waals surface area contributed by atoms with E-state index in [1.54, 1.807) is 12.1 Å². The van der Waals surface area contributed by atoms with Crippen molar-refractivity contribution in [1.29, 1.82) is 0 Å². The highest BCUT2D eigenvalue weighted by molar-refractivity contribution is 5.79. The van der Waals surface area contributed by atoms with Gasteiger partial charge in [-0.3, -0.25) is 4.79 Å². The van der Waals surface area contributed by atoms with Crippen LogP contribution in [0, 0.1) is 12.7 Å². The van der Waals surface area contributed by atoms with Gasteiger partial charge in [-0.1, -0.05) is 24.3 Å². The van der Waals surface area contributed by atoms with Crippen LogP contribution in [0.4, 0.5) is 4.39 Å². The Morgan fingerprint density at radius 1 is 1.05 bits per heavy atom. The second-order valence-electron chi connectivity index (χ2n) is 4.91. The average molecular weight is 267 g/mol. The number of rotatable bonds is 2. The monoisotopic (exact) mass is 267 g/mol. The van der Waals surface area contributed by atoms with E-state index in [4.69, 9.17) is 0 Å². The fourth-order valence-corrected chi connectivity index (χ4v) is 2.37. The van der Waals surface area contributed by atoms with E-state index in [1.165, 1.54) is 12.1 Å². The summed E-state index contributed by atoms with van der Waals surface area (Å²) in [7, 11) is 0. The largest absolute Gasteiger partial charge is 0.358 e. The van der Waals surface area contributed by atoms with E-state index in [9.17, 15) is 9.18 Å². The Morgan fingerprint density at radius 2 is 1.75 bits per heavy atom. The van der Waals surface area contributed by atoms with Gasteiger partial charge < -0.3 is 4.98 Å². The fourth-order valence-electron chi connectivity index (χ4n) is 2.37. The smallest absolute Gasteiger partial charge is 0.192 e. The van der Waals surface area contributed by atoms with Gasteiger partial charge in [0.1, 0.15) is 5.82 Å². The maximum absolute atomic E-state index is 12.9. The lowest BCUT2D eigenvalue weighted by Crippen LogP contribution is -2.12. The Morgan fingerprint density at radius 3 is 2.50 bits per heavy atom. The van der Waals surface area contributed by atoms with Crippen LogP contribution in [0.2, 0.25) is 0 Å². The molecule has 0 atom stereocenters. The van der Waals surface area contributed by atoms with Gasteiger partial charge in [-0.2, -0.15) is 0 Å². The van der Waals surface area contributed by atoms with E-state index in [0.717, 1.165) is 16.8 Å². The third-order valence-corrected chi connectivity index (χ3v) is 3.54. The summed E-state index contributed by atoms with van der Waals surface area (Å²) < 4.78 is 12.9. The lowest BCUT2D eigenvalue weighted by molar-refractivity contribution is 0.627. The number of para-hydroxylation sites is 1. The molecule has 1 aromatic heterocycles. The molecule has 0 bridgehead atoms. The molecular weight excluding hydrogens is 253 g/mol. The molecular formula is C17H14FNO. The van der Waals surface area contributed by atoms with Gasteiger partial charge >= 0.3 is 0 Å². The van der Waals surface area contributed by atoms with E-state index < -0.39 is 0 Å². The van der Waals surface area contributed by atoms with Gasteiger partial charge in [-0.15, -0.1) is 0 Å². The number of aromatic nitrogens is 1. The fraction of sp³-hybridized carbons (Fsp3) is 0.118. The van der Waals surface area contributed by atoms with Crippen molar-refractivity contribution in [2.75, 3.05) is 0 Å². The normalized spacial score (nSPS) is 10.9. The third kappa shape index (κ3) is 2.23. The first-order valence-electron chi connectivity index (χ1n) is 6.50. The van der Waals surface area contributed by atoms with Crippen molar-refractivity contribution < 1.29 is 4.39 Å². The predicted molar refractivity (Wildman–Crippen MR) is 78.5 cm³/mol. The molecule has 0 fully saturated rings. The summed E-state index contributed by atoms with van der Waals surface area (Å²) in [4.78, 5) is 15.6. The molecule has 0 spiro atoms. The van der Waals surface area contributed by atoms with Gasteiger partial charge in [0.2, 0.25) is 0 Å². The molecule has 3 heteroatoms. The number of fused-ring (bicyclic) bond motifs is 1. The molecule has 100 valence electrons. The number of hydrogen-bond acceptors (Lipinski definition) is 1. The molecule has 0 aliphatic carbocycles. The number of nitrogens with one attached hydrogen (secondary N) is 1. The lowest BCUT2D eigenvalue weighted by atomic mass is 10.0. The molecule has 0 amide bonds. The Bertz CT molecular complexity index is 819. The van der Waals surface area contributed by atoms with Gasteiger partial charge in [0.15, 0.2) is 5.43 Å². The van der Waals surface area contributed by atoms with Crippen molar-refractivity contribution in [3.05, 3.63) is 81.4 Å². The van der Waals surface area contributed by atoms with E-state index in [0.29, 0.717) is 17.4 Å². The minimum atomic E-state index is -0.252. The quantitative estimate of drug-likeness (QED) is 0.756. The average Bonchev–Trinajstić information content (AvgIpc) is 2.47. The number of H-pyrrole nitrogens is 1. The first kappa shape index (κ1) is 12.6. The topological polar surface area (TPSA) is 32.9 Å². The highest BCUT2D eigenvalue weighted by Gasteiger charge is 2.08. The third-order valence-electron chi connectivity index (χ3n) is 3.54. The van der Waals surface area contributed by atoms with Gasteiger partial charge in [0.25, 0.3) is 0 Å². The van der Waals surface area contributed by atoms with Crippen LogP contribution in [-0.2, 0) is 6.42 Å². The molecule has 20 heavy (non-hydrogen) atoms. The van der Waals surface area contributed by atoms with E-state index in [-0.39, 0.29) is 11.2 Å². The molecule has 0 radical (unpaired) electrons. The lowest BCUT2D eigenvalue weighted by Gasteiger charge is -2.08. The summed E-state index contributed by atoms with van der Waals surface area (Å²) in [6.07, 6.45) is 0.589. The van der Waals surface area contributed by atoms with E-state index >= 15 is 0 Å². The summed E-state index contributed by atoms with van der Waals surface area (Å²) in [6.45, 7) is 1.82. The van der Waals surface area contributed by atoms with Crippen molar-refractivity contribution in [2.24, 2.45) is 0 Å². The predicted octanol–water partition coefficient (Wildman–Crippen LogP) is 3.57. The highest BCUT2D eigenvalue weighted by atomic mass is 19.1. The van der Waals surface area contributed by atoms with E-state index in [2.05, 4.69) is 4.98 Å². The summed E-state index contributed by atoms with van der Waals surface area (Å²) in [5, 5.41) is 0.702. The molecule has 2 nitrogen and oxygen atoms in total. The number of hydrogen-bond donors (Lipinski definition) is 1. The van der Waals surface area contributed by atoms with Crippen LogP contribution in [0.3, 0.4) is 0 Å². The van der Waals surface area contributed by atoms with Gasteiger partial charge in [-0.05, 0) is 36.8 Å². The minimum Gasteiger partial charge on any atom is -0.358 e. The summed E-state index contributed by atoms with van der Waals surface area (Å²) in [5.74, 6) is -0.252. The zero-order valence-electron chi connectivity index (χ0n) is 11.1. The van der Waals surface area contributed by atoms with Gasteiger partial charge in [-0.25, -0.2) is 4.39 Å². The molecule has 0 saturated heterocycles. The van der Waals surface area contributed by atoms with Crippen molar-refractivity contribution in [1.82, 2.24) is 4.98 Å². The molecule has 1 heterocycles. The van der Waals surface area contributed by atoms with Crippen LogP contribution in [0.15, 0.2) is 53.3 Å². The van der Waals surface area contributed by atoms with Crippen LogP contribution in [0.1, 0.15) is 16.8 Å². The molecule has 0 saturated carbocycles. The maximum Gasteiger partial charge on any atom is 0.192 e. The first-order chi connectivity index (χ1) is 9.65. The first-order valence-corrected chi connectivity index (χ1v) is 6.50. The van der Waals surface area contributed by atoms with Crippen LogP contribution in [0.5, 0.6) is 0 Å². The molecule has 3 aromatic rings. The Kier molecular flexibility index (Phi) is 3.11.